The minimum absolute atomic E-state index is 0.306. The Kier molecular flexibility index (Phi) is 6.37. The van der Waals surface area contributed by atoms with E-state index in [0.717, 1.165) is 6.54 Å². The number of ether oxygens (including phenoxy) is 1. The molecule has 0 aliphatic heterocycles. The molecule has 5 nitrogen and oxygen atoms in total. The van der Waals surface area contributed by atoms with Crippen molar-refractivity contribution in [3.63, 3.8) is 0 Å². The smallest absolute Gasteiger partial charge is 0.323 e. The molecule has 0 aromatic carbocycles. The zero-order chi connectivity index (χ0) is 11.8. The van der Waals surface area contributed by atoms with Crippen molar-refractivity contribution < 1.29 is 9.53 Å². The van der Waals surface area contributed by atoms with Crippen LogP contribution < -0.4 is 5.73 Å². The molecule has 15 heavy (non-hydrogen) atoms. The van der Waals surface area contributed by atoms with Gasteiger partial charge in [0.25, 0.3) is 0 Å². The van der Waals surface area contributed by atoms with Gasteiger partial charge in [0.15, 0.2) is 0 Å². The van der Waals surface area contributed by atoms with Gasteiger partial charge in [-0.2, -0.15) is 0 Å². The molecule has 86 valence electrons. The summed E-state index contributed by atoms with van der Waals surface area (Å²) in [6.07, 6.45) is 1.97. The summed E-state index contributed by atoms with van der Waals surface area (Å²) in [7, 11) is 3.20. The Labute approximate surface area is 90.6 Å². The Balaban J connectivity index is 4.03. The van der Waals surface area contributed by atoms with Gasteiger partial charge < -0.3 is 15.4 Å². The van der Waals surface area contributed by atoms with Crippen molar-refractivity contribution >= 4 is 12.3 Å². The first-order chi connectivity index (χ1) is 7.01. The molecule has 0 rings (SSSR count). The monoisotopic (exact) mass is 213 g/mol. The van der Waals surface area contributed by atoms with Crippen LogP contribution in [-0.4, -0.2) is 44.0 Å². The van der Waals surface area contributed by atoms with E-state index in [0.29, 0.717) is 12.1 Å². The van der Waals surface area contributed by atoms with Crippen LogP contribution >= 0.6 is 0 Å². The highest BCUT2D eigenvalue weighted by molar-refractivity contribution is 5.75. The van der Waals surface area contributed by atoms with Gasteiger partial charge in [-0.1, -0.05) is 6.58 Å². The molecule has 0 aliphatic carbocycles. The molecule has 5 heteroatoms. The highest BCUT2D eigenvalue weighted by Gasteiger charge is 2.14. The van der Waals surface area contributed by atoms with Gasteiger partial charge in [0.1, 0.15) is 6.04 Å². The largest absolute Gasteiger partial charge is 0.468 e. The number of nitrogens with zero attached hydrogens (tertiary/aromatic N) is 2. The zero-order valence-electron chi connectivity index (χ0n) is 9.56. The van der Waals surface area contributed by atoms with Crippen LogP contribution in [0.1, 0.15) is 13.3 Å². The molecule has 0 aromatic rings. The van der Waals surface area contributed by atoms with Crippen molar-refractivity contribution in [3.8, 4) is 0 Å². The second-order valence-corrected chi connectivity index (χ2v) is 3.22. The van der Waals surface area contributed by atoms with Crippen LogP contribution in [0.5, 0.6) is 0 Å². The number of nitrogens with two attached hydrogens (primary N) is 1. The van der Waals surface area contributed by atoms with E-state index in [1.807, 2.05) is 18.9 Å². The van der Waals surface area contributed by atoms with Gasteiger partial charge in [0.2, 0.25) is 0 Å². The SMILES string of the molecule is C=C(C[C@H](N)C(=O)OC)N=CN(C)CC. The molecule has 0 radical (unpaired) electrons. The van der Waals surface area contributed by atoms with E-state index in [1.165, 1.54) is 7.11 Å². The summed E-state index contributed by atoms with van der Waals surface area (Å²) >= 11 is 0. The first-order valence-corrected chi connectivity index (χ1v) is 4.76. The highest BCUT2D eigenvalue weighted by Crippen LogP contribution is 2.03. The predicted molar refractivity (Wildman–Crippen MR) is 60.5 cm³/mol. The molecule has 0 saturated heterocycles. The normalized spacial score (nSPS) is 12.5. The molecule has 0 saturated carbocycles. The molecule has 0 fully saturated rings. The fraction of sp³-hybridized carbons (Fsp3) is 0.600. The minimum Gasteiger partial charge on any atom is -0.468 e. The van der Waals surface area contributed by atoms with Crippen molar-refractivity contribution in [2.45, 2.75) is 19.4 Å². The van der Waals surface area contributed by atoms with Crippen molar-refractivity contribution in [3.05, 3.63) is 12.3 Å². The summed E-state index contributed by atoms with van der Waals surface area (Å²) in [5, 5.41) is 0. The second-order valence-electron chi connectivity index (χ2n) is 3.22. The fourth-order valence-corrected chi connectivity index (χ4v) is 0.803. The molecule has 0 aromatic heterocycles. The molecular weight excluding hydrogens is 194 g/mol. The maximum atomic E-state index is 11.0. The van der Waals surface area contributed by atoms with Gasteiger partial charge in [-0.05, 0) is 6.92 Å². The van der Waals surface area contributed by atoms with Crippen LogP contribution in [-0.2, 0) is 9.53 Å². The first kappa shape index (κ1) is 13.6. The third-order valence-corrected chi connectivity index (χ3v) is 1.90. The van der Waals surface area contributed by atoms with E-state index in [2.05, 4.69) is 16.3 Å². The van der Waals surface area contributed by atoms with Gasteiger partial charge in [0, 0.05) is 25.7 Å². The summed E-state index contributed by atoms with van der Waals surface area (Å²) in [6, 6.07) is -0.688. The highest BCUT2D eigenvalue weighted by atomic mass is 16.5. The average molecular weight is 213 g/mol. The van der Waals surface area contributed by atoms with Gasteiger partial charge >= 0.3 is 5.97 Å². The molecule has 0 heterocycles. The van der Waals surface area contributed by atoms with Crippen LogP contribution in [0.3, 0.4) is 0 Å². The van der Waals surface area contributed by atoms with Crippen molar-refractivity contribution in [2.24, 2.45) is 10.7 Å². The Bertz CT molecular complexity index is 251. The summed E-state index contributed by atoms with van der Waals surface area (Å²) < 4.78 is 4.49. The quantitative estimate of drug-likeness (QED) is 0.393. The maximum Gasteiger partial charge on any atom is 0.323 e. The van der Waals surface area contributed by atoms with Gasteiger partial charge in [0.05, 0.1) is 13.4 Å². The number of hydrogen-bond donors (Lipinski definition) is 1. The van der Waals surface area contributed by atoms with E-state index >= 15 is 0 Å². The minimum atomic E-state index is -0.688. The molecule has 0 amide bonds. The van der Waals surface area contributed by atoms with Crippen LogP contribution in [0.4, 0.5) is 0 Å². The van der Waals surface area contributed by atoms with Gasteiger partial charge in [-0.25, -0.2) is 4.99 Å². The summed E-state index contributed by atoms with van der Waals surface area (Å²) in [5.41, 5.74) is 6.11. The Morgan fingerprint density at radius 3 is 2.80 bits per heavy atom. The molecule has 1 atom stereocenters. The number of methoxy groups -OCH3 is 1. The Morgan fingerprint density at radius 2 is 2.33 bits per heavy atom. The van der Waals surface area contributed by atoms with Crippen LogP contribution in [0, 0.1) is 0 Å². The fourth-order valence-electron chi connectivity index (χ4n) is 0.803. The number of carbonyl (C=O) groups excluding carboxylic acids is 1. The third kappa shape index (κ3) is 5.85. The average Bonchev–Trinajstić information content (AvgIpc) is 2.24. The lowest BCUT2D eigenvalue weighted by molar-refractivity contribution is -0.142. The van der Waals surface area contributed by atoms with Crippen LogP contribution in [0.25, 0.3) is 0 Å². The molecule has 0 aliphatic rings. The topological polar surface area (TPSA) is 67.9 Å². The van der Waals surface area contributed by atoms with Gasteiger partial charge in [-0.15, -0.1) is 0 Å². The van der Waals surface area contributed by atoms with E-state index in [9.17, 15) is 4.79 Å². The zero-order valence-corrected chi connectivity index (χ0v) is 9.56. The summed E-state index contributed by atoms with van der Waals surface area (Å²) in [4.78, 5) is 17.0. The number of hydrogen-bond acceptors (Lipinski definition) is 4. The van der Waals surface area contributed by atoms with Crippen molar-refractivity contribution in [1.82, 2.24) is 4.90 Å². The molecule has 0 unspecified atom stereocenters. The molecule has 0 bridgehead atoms. The van der Waals surface area contributed by atoms with E-state index in [4.69, 9.17) is 5.73 Å². The van der Waals surface area contributed by atoms with Crippen LogP contribution in [0.2, 0.25) is 0 Å². The molecule has 2 N–H and O–H groups in total. The molecular formula is C10H19N3O2. The number of carbonyl (C=O) groups is 1. The number of rotatable bonds is 6. The molecule has 0 spiro atoms. The Hall–Kier alpha value is -1.36. The first-order valence-electron chi connectivity index (χ1n) is 4.76. The third-order valence-electron chi connectivity index (χ3n) is 1.90. The lowest BCUT2D eigenvalue weighted by Crippen LogP contribution is -2.31. The number of esters is 1. The second kappa shape index (κ2) is 7.00. The lowest BCUT2D eigenvalue weighted by Gasteiger charge is -2.10. The van der Waals surface area contributed by atoms with E-state index < -0.39 is 12.0 Å². The standard InChI is InChI=1S/C10H19N3O2/c1-5-13(3)7-12-8(2)6-9(11)10(14)15-4/h7,9H,2,5-6,11H2,1,3-4H3/t9-/m0/s1. The van der Waals surface area contributed by atoms with Crippen LogP contribution in [0.15, 0.2) is 17.3 Å². The lowest BCUT2D eigenvalue weighted by atomic mass is 10.2. The maximum absolute atomic E-state index is 11.0. The van der Waals surface area contributed by atoms with Crippen molar-refractivity contribution in [1.29, 1.82) is 0 Å². The summed E-state index contributed by atoms with van der Waals surface area (Å²) in [6.45, 7) is 6.58. The summed E-state index contributed by atoms with van der Waals surface area (Å²) in [5.74, 6) is -0.449. The Morgan fingerprint density at radius 1 is 1.73 bits per heavy atom. The van der Waals surface area contributed by atoms with Crippen molar-refractivity contribution in [2.75, 3.05) is 20.7 Å². The van der Waals surface area contributed by atoms with E-state index in [-0.39, 0.29) is 0 Å². The van der Waals surface area contributed by atoms with Gasteiger partial charge in [-0.3, -0.25) is 4.79 Å². The van der Waals surface area contributed by atoms with E-state index in [1.54, 1.807) is 6.34 Å². The number of aliphatic imine (C=N–C) groups is 1. The predicted octanol–water partition coefficient (Wildman–Crippen LogP) is 0.370.